The Balaban J connectivity index is 2.50. The van der Waals surface area contributed by atoms with E-state index < -0.39 is 0 Å². The van der Waals surface area contributed by atoms with Gasteiger partial charge in [-0.25, -0.2) is 0 Å². The second kappa shape index (κ2) is 8.14. The summed E-state index contributed by atoms with van der Waals surface area (Å²) in [7, 11) is 2.17. The summed E-state index contributed by atoms with van der Waals surface area (Å²) < 4.78 is 1.16. The molecule has 0 spiro atoms. The third kappa shape index (κ3) is 5.42. The van der Waals surface area contributed by atoms with Gasteiger partial charge in [-0.15, -0.1) is 0 Å². The van der Waals surface area contributed by atoms with Crippen molar-refractivity contribution in [2.45, 2.75) is 19.5 Å². The maximum atomic E-state index is 5.62. The molecule has 96 valence electrons. The van der Waals surface area contributed by atoms with E-state index in [1.54, 1.807) is 0 Å². The van der Waals surface area contributed by atoms with Crippen molar-refractivity contribution in [2.75, 3.05) is 25.6 Å². The highest BCUT2D eigenvalue weighted by Gasteiger charge is 2.04. The van der Waals surface area contributed by atoms with Crippen LogP contribution in [0, 0.1) is 0 Å². The van der Waals surface area contributed by atoms with Crippen LogP contribution in [0.15, 0.2) is 22.7 Å². The van der Waals surface area contributed by atoms with Crippen molar-refractivity contribution in [3.63, 3.8) is 0 Å². The maximum absolute atomic E-state index is 5.62. The highest BCUT2D eigenvalue weighted by Crippen LogP contribution is 2.20. The summed E-state index contributed by atoms with van der Waals surface area (Å²) in [5, 5.41) is 0. The summed E-state index contributed by atoms with van der Waals surface area (Å²) in [6.07, 6.45) is 3.40. The predicted octanol–water partition coefficient (Wildman–Crippen LogP) is 3.09. The fourth-order valence-electron chi connectivity index (χ4n) is 1.69. The number of thioether (sulfide) groups is 1. The molecular weight excluding hydrogens is 296 g/mol. The topological polar surface area (TPSA) is 29.3 Å². The van der Waals surface area contributed by atoms with Crippen molar-refractivity contribution in [3.8, 4) is 0 Å². The summed E-state index contributed by atoms with van der Waals surface area (Å²) in [5.74, 6) is 1.23. The average molecular weight is 317 g/mol. The normalized spacial score (nSPS) is 11.1. The van der Waals surface area contributed by atoms with Crippen LogP contribution >= 0.6 is 27.7 Å². The first-order valence-corrected chi connectivity index (χ1v) is 8.01. The molecule has 0 saturated carbocycles. The smallest absolute Gasteiger partial charge is 0.0241 e. The van der Waals surface area contributed by atoms with Gasteiger partial charge in [0.25, 0.3) is 0 Å². The lowest BCUT2D eigenvalue weighted by atomic mass is 10.1. The molecule has 0 atom stereocenters. The van der Waals surface area contributed by atoms with E-state index in [0.717, 1.165) is 17.6 Å². The van der Waals surface area contributed by atoms with E-state index in [-0.39, 0.29) is 0 Å². The molecule has 0 aromatic heterocycles. The Morgan fingerprint density at radius 2 is 2.18 bits per heavy atom. The van der Waals surface area contributed by atoms with Crippen LogP contribution in [0.2, 0.25) is 0 Å². The summed E-state index contributed by atoms with van der Waals surface area (Å²) in [5.41, 5.74) is 8.12. The molecule has 0 saturated heterocycles. The molecule has 1 aromatic carbocycles. The molecular formula is C13H21BrN2S. The van der Waals surface area contributed by atoms with Crippen molar-refractivity contribution < 1.29 is 0 Å². The van der Waals surface area contributed by atoms with Crippen LogP contribution in [0.3, 0.4) is 0 Å². The Labute approximate surface area is 117 Å². The van der Waals surface area contributed by atoms with E-state index in [4.69, 9.17) is 5.73 Å². The second-order valence-corrected chi connectivity index (χ2v) is 6.05. The number of halogens is 1. The molecule has 0 bridgehead atoms. The van der Waals surface area contributed by atoms with Crippen molar-refractivity contribution in [3.05, 3.63) is 33.8 Å². The van der Waals surface area contributed by atoms with Gasteiger partial charge < -0.3 is 10.6 Å². The van der Waals surface area contributed by atoms with Gasteiger partial charge in [-0.3, -0.25) is 0 Å². The average Bonchev–Trinajstić information content (AvgIpc) is 2.32. The molecule has 0 amide bonds. The highest BCUT2D eigenvalue weighted by molar-refractivity contribution is 9.10. The van der Waals surface area contributed by atoms with E-state index >= 15 is 0 Å². The molecule has 1 aromatic rings. The van der Waals surface area contributed by atoms with Crippen LogP contribution in [0.4, 0.5) is 0 Å². The van der Waals surface area contributed by atoms with Crippen molar-refractivity contribution >= 4 is 27.7 Å². The fourth-order valence-corrected chi connectivity index (χ4v) is 2.66. The van der Waals surface area contributed by atoms with Gasteiger partial charge in [0.1, 0.15) is 0 Å². The minimum atomic E-state index is 0.600. The predicted molar refractivity (Wildman–Crippen MR) is 81.4 cm³/mol. The monoisotopic (exact) mass is 316 g/mol. The quantitative estimate of drug-likeness (QED) is 0.784. The number of nitrogens with two attached hydrogens (primary N) is 1. The molecule has 2 nitrogen and oxygen atoms in total. The standard InChI is InChI=1S/C13H21BrN2S/c1-16(6-3-7-17-2)10-12-5-4-11(9-15)8-13(12)14/h4-5,8H,3,6-7,9-10,15H2,1-2H3. The summed E-state index contributed by atoms with van der Waals surface area (Å²) >= 11 is 5.52. The van der Waals surface area contributed by atoms with Gasteiger partial charge in [-0.1, -0.05) is 28.1 Å². The van der Waals surface area contributed by atoms with Gasteiger partial charge in [0.05, 0.1) is 0 Å². The fraction of sp³-hybridized carbons (Fsp3) is 0.538. The SMILES string of the molecule is CSCCCN(C)Cc1ccc(CN)cc1Br. The summed E-state index contributed by atoms with van der Waals surface area (Å²) in [6, 6.07) is 6.39. The van der Waals surface area contributed by atoms with E-state index in [9.17, 15) is 0 Å². The van der Waals surface area contributed by atoms with Crippen LogP contribution in [0.1, 0.15) is 17.5 Å². The Hall–Kier alpha value is -0.0300. The van der Waals surface area contributed by atoms with Crippen molar-refractivity contribution in [1.29, 1.82) is 0 Å². The first-order valence-electron chi connectivity index (χ1n) is 5.82. The number of nitrogens with zero attached hydrogens (tertiary/aromatic N) is 1. The molecule has 0 aliphatic heterocycles. The number of hydrogen-bond acceptors (Lipinski definition) is 3. The molecule has 4 heteroatoms. The molecule has 0 aliphatic rings. The highest BCUT2D eigenvalue weighted by atomic mass is 79.9. The lowest BCUT2D eigenvalue weighted by Gasteiger charge is -2.17. The lowest BCUT2D eigenvalue weighted by molar-refractivity contribution is 0.328. The van der Waals surface area contributed by atoms with Gasteiger partial charge in [0, 0.05) is 17.6 Å². The first-order chi connectivity index (χ1) is 8.17. The molecule has 0 heterocycles. The van der Waals surface area contributed by atoms with Gasteiger partial charge in [-0.05, 0) is 49.2 Å². The summed E-state index contributed by atoms with van der Waals surface area (Å²) in [6.45, 7) is 2.73. The van der Waals surface area contributed by atoms with E-state index in [1.165, 1.54) is 23.3 Å². The Morgan fingerprint density at radius 3 is 2.76 bits per heavy atom. The molecule has 17 heavy (non-hydrogen) atoms. The number of benzene rings is 1. The zero-order chi connectivity index (χ0) is 12.7. The third-order valence-corrected chi connectivity index (χ3v) is 4.12. The minimum Gasteiger partial charge on any atom is -0.326 e. The molecule has 0 fully saturated rings. The minimum absolute atomic E-state index is 0.600. The number of hydrogen-bond donors (Lipinski definition) is 1. The Morgan fingerprint density at radius 1 is 1.41 bits per heavy atom. The molecule has 0 radical (unpaired) electrons. The third-order valence-electron chi connectivity index (χ3n) is 2.68. The van der Waals surface area contributed by atoms with Crippen LogP contribution in [0.25, 0.3) is 0 Å². The zero-order valence-electron chi connectivity index (χ0n) is 10.6. The Bertz CT molecular complexity index is 344. The maximum Gasteiger partial charge on any atom is 0.0241 e. The molecule has 2 N–H and O–H groups in total. The molecule has 1 rings (SSSR count). The van der Waals surface area contributed by atoms with Gasteiger partial charge in [-0.2, -0.15) is 11.8 Å². The van der Waals surface area contributed by atoms with Crippen LogP contribution in [0.5, 0.6) is 0 Å². The second-order valence-electron chi connectivity index (χ2n) is 4.21. The van der Waals surface area contributed by atoms with E-state index in [1.807, 2.05) is 11.8 Å². The van der Waals surface area contributed by atoms with Crippen LogP contribution < -0.4 is 5.73 Å². The van der Waals surface area contributed by atoms with Crippen LogP contribution in [-0.4, -0.2) is 30.5 Å². The van der Waals surface area contributed by atoms with Gasteiger partial charge in [0.2, 0.25) is 0 Å². The largest absolute Gasteiger partial charge is 0.326 e. The number of rotatable bonds is 7. The van der Waals surface area contributed by atoms with E-state index in [0.29, 0.717) is 6.54 Å². The Kier molecular flexibility index (Phi) is 7.19. The van der Waals surface area contributed by atoms with Crippen LogP contribution in [-0.2, 0) is 13.1 Å². The van der Waals surface area contributed by atoms with Gasteiger partial charge in [0.15, 0.2) is 0 Å². The van der Waals surface area contributed by atoms with Crippen molar-refractivity contribution in [1.82, 2.24) is 4.90 Å². The van der Waals surface area contributed by atoms with Gasteiger partial charge >= 0.3 is 0 Å². The zero-order valence-corrected chi connectivity index (χ0v) is 13.0. The van der Waals surface area contributed by atoms with E-state index in [2.05, 4.69) is 52.3 Å². The lowest BCUT2D eigenvalue weighted by Crippen LogP contribution is -2.19. The molecule has 0 aliphatic carbocycles. The van der Waals surface area contributed by atoms with Crippen molar-refractivity contribution in [2.24, 2.45) is 5.73 Å². The summed E-state index contributed by atoms with van der Waals surface area (Å²) in [4.78, 5) is 2.36. The molecule has 0 unspecified atom stereocenters. The first kappa shape index (κ1) is 15.0.